The van der Waals surface area contributed by atoms with Gasteiger partial charge in [0, 0.05) is 24.7 Å². The first-order chi connectivity index (χ1) is 9.13. The molecular formula is C11H9N5O2S. The lowest BCUT2D eigenvalue weighted by Crippen LogP contribution is -1.96. The van der Waals surface area contributed by atoms with Crippen LogP contribution in [0.15, 0.2) is 29.4 Å². The van der Waals surface area contributed by atoms with E-state index in [0.29, 0.717) is 16.5 Å². The summed E-state index contributed by atoms with van der Waals surface area (Å²) in [4.78, 5) is 10.3. The minimum atomic E-state index is -0.453. The number of nitriles is 1. The van der Waals surface area contributed by atoms with Gasteiger partial charge in [0.2, 0.25) is 0 Å². The Morgan fingerprint density at radius 2 is 2.32 bits per heavy atom. The Morgan fingerprint density at radius 3 is 3.00 bits per heavy atom. The average molecular weight is 275 g/mol. The number of hydrogen-bond donors (Lipinski definition) is 0. The Bertz CT molecular complexity index is 661. The number of rotatable bonds is 4. The van der Waals surface area contributed by atoms with Crippen LogP contribution in [-0.4, -0.2) is 25.4 Å². The average Bonchev–Trinajstić information content (AvgIpc) is 2.78. The van der Waals surface area contributed by atoms with Crippen LogP contribution in [-0.2, 0) is 7.05 Å². The van der Waals surface area contributed by atoms with Crippen molar-refractivity contribution in [1.82, 2.24) is 14.8 Å². The molecule has 0 radical (unpaired) electrons. The molecule has 0 saturated carbocycles. The summed E-state index contributed by atoms with van der Waals surface area (Å²) in [5.41, 5.74) is 0.625. The molecule has 7 nitrogen and oxygen atoms in total. The van der Waals surface area contributed by atoms with Gasteiger partial charge in [-0.05, 0) is 0 Å². The minimum Gasteiger partial charge on any atom is -0.305 e. The van der Waals surface area contributed by atoms with Gasteiger partial charge in [0.25, 0.3) is 5.69 Å². The number of aromatic nitrogens is 3. The fraction of sp³-hybridized carbons (Fsp3) is 0.182. The summed E-state index contributed by atoms with van der Waals surface area (Å²) in [7, 11) is 1.76. The summed E-state index contributed by atoms with van der Waals surface area (Å²) >= 11 is 1.27. The molecule has 0 N–H and O–H groups in total. The van der Waals surface area contributed by atoms with Gasteiger partial charge in [-0.1, -0.05) is 23.9 Å². The zero-order valence-electron chi connectivity index (χ0n) is 9.98. The van der Waals surface area contributed by atoms with E-state index in [0.717, 1.165) is 0 Å². The molecule has 0 atom stereocenters. The molecule has 0 spiro atoms. The predicted octanol–water partition coefficient (Wildman–Crippen LogP) is 2.01. The molecule has 1 aromatic heterocycles. The molecule has 19 heavy (non-hydrogen) atoms. The van der Waals surface area contributed by atoms with Crippen LogP contribution >= 0.6 is 11.8 Å². The van der Waals surface area contributed by atoms with E-state index in [4.69, 9.17) is 5.26 Å². The third kappa shape index (κ3) is 2.71. The van der Waals surface area contributed by atoms with E-state index in [2.05, 4.69) is 10.2 Å². The van der Waals surface area contributed by atoms with Gasteiger partial charge >= 0.3 is 0 Å². The van der Waals surface area contributed by atoms with Gasteiger partial charge in [0.15, 0.2) is 11.0 Å². The van der Waals surface area contributed by atoms with Crippen molar-refractivity contribution in [3.05, 3.63) is 34.4 Å². The van der Waals surface area contributed by atoms with Gasteiger partial charge in [-0.15, -0.1) is 10.2 Å². The molecule has 96 valence electrons. The van der Waals surface area contributed by atoms with Gasteiger partial charge in [-0.2, -0.15) is 5.26 Å². The van der Waals surface area contributed by atoms with Gasteiger partial charge in [-0.3, -0.25) is 10.1 Å². The summed E-state index contributed by atoms with van der Waals surface area (Å²) in [6.07, 6.45) is 0. The number of thioether (sulfide) groups is 1. The van der Waals surface area contributed by atoms with Crippen molar-refractivity contribution in [1.29, 1.82) is 5.26 Å². The molecule has 2 rings (SSSR count). The number of non-ortho nitro benzene ring substituents is 1. The Hall–Kier alpha value is -2.40. The van der Waals surface area contributed by atoms with E-state index >= 15 is 0 Å². The number of nitro benzene ring substituents is 1. The molecule has 1 heterocycles. The monoisotopic (exact) mass is 275 g/mol. The lowest BCUT2D eigenvalue weighted by atomic mass is 10.2. The van der Waals surface area contributed by atoms with E-state index in [-0.39, 0.29) is 11.4 Å². The first-order valence-corrected chi connectivity index (χ1v) is 6.26. The summed E-state index contributed by atoms with van der Waals surface area (Å²) in [6.45, 7) is 0. The Labute approximate surface area is 113 Å². The van der Waals surface area contributed by atoms with Crippen molar-refractivity contribution in [2.75, 3.05) is 5.75 Å². The van der Waals surface area contributed by atoms with E-state index in [1.54, 1.807) is 23.7 Å². The highest BCUT2D eigenvalue weighted by atomic mass is 32.2. The van der Waals surface area contributed by atoms with Gasteiger partial charge < -0.3 is 4.57 Å². The highest BCUT2D eigenvalue weighted by molar-refractivity contribution is 7.99. The number of nitrogens with zero attached hydrogens (tertiary/aromatic N) is 5. The second-order valence-corrected chi connectivity index (χ2v) is 4.56. The van der Waals surface area contributed by atoms with Crippen LogP contribution in [0.1, 0.15) is 0 Å². The molecule has 1 aromatic carbocycles. The number of nitro groups is 1. The zero-order chi connectivity index (χ0) is 13.8. The summed E-state index contributed by atoms with van der Waals surface area (Å²) in [5.74, 6) is 0.810. The number of benzene rings is 1. The maximum atomic E-state index is 10.7. The maximum absolute atomic E-state index is 10.7. The molecule has 0 aliphatic carbocycles. The maximum Gasteiger partial charge on any atom is 0.270 e. The smallest absolute Gasteiger partial charge is 0.270 e. The van der Waals surface area contributed by atoms with E-state index in [9.17, 15) is 10.1 Å². The molecule has 0 fully saturated rings. The topological polar surface area (TPSA) is 97.6 Å². The van der Waals surface area contributed by atoms with Crippen molar-refractivity contribution in [3.63, 3.8) is 0 Å². The largest absolute Gasteiger partial charge is 0.305 e. The van der Waals surface area contributed by atoms with Crippen LogP contribution in [0.4, 0.5) is 5.69 Å². The highest BCUT2D eigenvalue weighted by Crippen LogP contribution is 2.25. The molecule has 0 saturated heterocycles. The molecule has 0 amide bonds. The summed E-state index contributed by atoms with van der Waals surface area (Å²) in [5, 5.41) is 27.8. The fourth-order valence-electron chi connectivity index (χ4n) is 1.55. The van der Waals surface area contributed by atoms with Crippen molar-refractivity contribution in [3.8, 4) is 17.5 Å². The standard InChI is InChI=1S/C11H9N5O2S/c1-15-10(13-14-11(15)19-6-5-12)8-3-2-4-9(7-8)16(17)18/h2-4,7H,6H2,1H3. The SMILES string of the molecule is Cn1c(SCC#N)nnc1-c1cccc([N+](=O)[O-])c1. The molecule has 0 aliphatic heterocycles. The molecule has 0 unspecified atom stereocenters. The first-order valence-electron chi connectivity index (χ1n) is 5.27. The third-order valence-electron chi connectivity index (χ3n) is 2.42. The van der Waals surface area contributed by atoms with Gasteiger partial charge in [-0.25, -0.2) is 0 Å². The van der Waals surface area contributed by atoms with Crippen molar-refractivity contribution in [2.24, 2.45) is 7.05 Å². The zero-order valence-corrected chi connectivity index (χ0v) is 10.8. The van der Waals surface area contributed by atoms with Crippen LogP contribution in [0.5, 0.6) is 0 Å². The molecule has 8 heteroatoms. The second-order valence-electron chi connectivity index (χ2n) is 3.62. The van der Waals surface area contributed by atoms with Crippen LogP contribution in [0.3, 0.4) is 0 Å². The van der Waals surface area contributed by atoms with E-state index in [1.165, 1.54) is 23.9 Å². The molecule has 2 aromatic rings. The Kier molecular flexibility index (Phi) is 3.77. The quantitative estimate of drug-likeness (QED) is 0.481. The van der Waals surface area contributed by atoms with E-state index in [1.807, 2.05) is 6.07 Å². The number of hydrogen-bond acceptors (Lipinski definition) is 6. The normalized spacial score (nSPS) is 10.1. The fourth-order valence-corrected chi connectivity index (χ4v) is 2.12. The minimum absolute atomic E-state index is 0.00623. The lowest BCUT2D eigenvalue weighted by Gasteiger charge is -2.02. The van der Waals surface area contributed by atoms with Crippen LogP contribution in [0.25, 0.3) is 11.4 Å². The second kappa shape index (κ2) is 5.49. The van der Waals surface area contributed by atoms with E-state index < -0.39 is 4.92 Å². The van der Waals surface area contributed by atoms with Crippen LogP contribution < -0.4 is 0 Å². The first kappa shape index (κ1) is 13.0. The Balaban J connectivity index is 2.37. The third-order valence-corrected chi connectivity index (χ3v) is 3.30. The van der Waals surface area contributed by atoms with Gasteiger partial charge in [0.1, 0.15) is 0 Å². The van der Waals surface area contributed by atoms with Gasteiger partial charge in [0.05, 0.1) is 16.7 Å². The predicted molar refractivity (Wildman–Crippen MR) is 69.4 cm³/mol. The molecule has 0 bridgehead atoms. The Morgan fingerprint density at radius 1 is 1.53 bits per heavy atom. The lowest BCUT2D eigenvalue weighted by molar-refractivity contribution is -0.384. The highest BCUT2D eigenvalue weighted by Gasteiger charge is 2.13. The van der Waals surface area contributed by atoms with Crippen LogP contribution in [0.2, 0.25) is 0 Å². The molecular weight excluding hydrogens is 266 g/mol. The molecule has 0 aliphatic rings. The summed E-state index contributed by atoms with van der Waals surface area (Å²) < 4.78 is 1.71. The van der Waals surface area contributed by atoms with Crippen molar-refractivity contribution < 1.29 is 4.92 Å². The van der Waals surface area contributed by atoms with Crippen molar-refractivity contribution in [2.45, 2.75) is 5.16 Å². The summed E-state index contributed by atoms with van der Waals surface area (Å²) in [6, 6.07) is 8.21. The van der Waals surface area contributed by atoms with Crippen molar-refractivity contribution >= 4 is 17.4 Å². The van der Waals surface area contributed by atoms with Crippen LogP contribution in [0, 0.1) is 21.4 Å².